The smallest absolute Gasteiger partial charge is 0.271 e. The minimum atomic E-state index is -3.93. The molecule has 0 aliphatic rings. The number of nitro benzene ring substituents is 1. The molecule has 0 aliphatic heterocycles. The van der Waals surface area contributed by atoms with E-state index in [4.69, 9.17) is 4.74 Å². The molecule has 1 amide bonds. The fraction of sp³-hybridized carbons (Fsp3) is 0.316. The Hall–Kier alpha value is -3.14. The van der Waals surface area contributed by atoms with Crippen LogP contribution in [0.25, 0.3) is 0 Å². The lowest BCUT2D eigenvalue weighted by Crippen LogP contribution is -2.47. The van der Waals surface area contributed by atoms with E-state index in [9.17, 15) is 23.3 Å². The van der Waals surface area contributed by atoms with Gasteiger partial charge in [-0.15, -0.1) is 0 Å². The molecule has 0 fully saturated rings. The van der Waals surface area contributed by atoms with Gasteiger partial charge in [0.25, 0.3) is 5.69 Å². The minimum absolute atomic E-state index is 0.0868. The molecule has 0 bridgehead atoms. The number of nitrogens with zero attached hydrogens (tertiary/aromatic N) is 2. The van der Waals surface area contributed by atoms with Crippen LogP contribution in [0.15, 0.2) is 42.5 Å². The zero-order valence-electron chi connectivity index (χ0n) is 16.6. The summed E-state index contributed by atoms with van der Waals surface area (Å²) in [4.78, 5) is 23.6. The molecular weight excluding hydrogens is 398 g/mol. The summed E-state index contributed by atoms with van der Waals surface area (Å²) < 4.78 is 31.3. The summed E-state index contributed by atoms with van der Waals surface area (Å²) >= 11 is 0. The first-order chi connectivity index (χ1) is 13.6. The van der Waals surface area contributed by atoms with Crippen LogP contribution in [0.3, 0.4) is 0 Å². The van der Waals surface area contributed by atoms with Crippen molar-refractivity contribution in [2.24, 2.45) is 0 Å². The number of amides is 1. The molecule has 10 heteroatoms. The van der Waals surface area contributed by atoms with E-state index in [0.29, 0.717) is 17.0 Å². The van der Waals surface area contributed by atoms with Crippen LogP contribution in [0, 0.1) is 17.0 Å². The Labute approximate surface area is 169 Å². The Morgan fingerprint density at radius 1 is 1.28 bits per heavy atom. The van der Waals surface area contributed by atoms with Crippen LogP contribution < -0.4 is 14.4 Å². The van der Waals surface area contributed by atoms with Crippen molar-refractivity contribution in [2.75, 3.05) is 23.0 Å². The molecule has 2 aromatic carbocycles. The number of rotatable bonds is 8. The van der Waals surface area contributed by atoms with Crippen LogP contribution in [0.1, 0.15) is 18.9 Å². The van der Waals surface area contributed by atoms with Crippen molar-refractivity contribution in [2.45, 2.75) is 26.3 Å². The van der Waals surface area contributed by atoms with Crippen molar-refractivity contribution >= 4 is 33.0 Å². The quantitative estimate of drug-likeness (QED) is 0.517. The highest BCUT2D eigenvalue weighted by Crippen LogP contribution is 2.31. The molecule has 0 heterocycles. The number of carbonyl (C=O) groups is 1. The van der Waals surface area contributed by atoms with Crippen molar-refractivity contribution in [3.63, 3.8) is 0 Å². The number of sulfonamides is 1. The molecule has 0 saturated heterocycles. The number of anilines is 2. The van der Waals surface area contributed by atoms with E-state index in [1.165, 1.54) is 19.2 Å². The number of benzene rings is 2. The summed E-state index contributed by atoms with van der Waals surface area (Å²) in [6.07, 6.45) is 1.11. The first-order valence-electron chi connectivity index (χ1n) is 8.78. The minimum Gasteiger partial charge on any atom is -0.495 e. The first-order valence-corrected chi connectivity index (χ1v) is 10.6. The Kier molecular flexibility index (Phi) is 6.80. The number of nitrogens with one attached hydrogen (secondary N) is 1. The van der Waals surface area contributed by atoms with Crippen molar-refractivity contribution in [1.29, 1.82) is 0 Å². The summed E-state index contributed by atoms with van der Waals surface area (Å²) in [5.41, 5.74) is 0.704. The second kappa shape index (κ2) is 8.91. The molecule has 2 rings (SSSR count). The van der Waals surface area contributed by atoms with Crippen molar-refractivity contribution < 1.29 is 22.9 Å². The third-order valence-electron chi connectivity index (χ3n) is 4.34. The third kappa shape index (κ3) is 5.02. The number of ether oxygens (including phenoxy) is 1. The zero-order chi connectivity index (χ0) is 21.8. The average molecular weight is 421 g/mol. The van der Waals surface area contributed by atoms with Crippen molar-refractivity contribution in [3.05, 3.63) is 58.1 Å². The predicted molar refractivity (Wildman–Crippen MR) is 111 cm³/mol. The molecule has 1 N–H and O–H groups in total. The van der Waals surface area contributed by atoms with E-state index in [2.05, 4.69) is 5.32 Å². The molecule has 0 radical (unpaired) electrons. The molecule has 29 heavy (non-hydrogen) atoms. The van der Waals surface area contributed by atoms with Gasteiger partial charge < -0.3 is 10.1 Å². The largest absolute Gasteiger partial charge is 0.495 e. The van der Waals surface area contributed by atoms with Gasteiger partial charge in [-0.25, -0.2) is 8.42 Å². The number of carbonyl (C=O) groups excluding carboxylic acids is 1. The lowest BCUT2D eigenvalue weighted by atomic mass is 10.1. The van der Waals surface area contributed by atoms with Gasteiger partial charge in [-0.05, 0) is 31.0 Å². The van der Waals surface area contributed by atoms with Crippen LogP contribution in [0.5, 0.6) is 5.75 Å². The molecule has 0 aliphatic carbocycles. The van der Waals surface area contributed by atoms with E-state index in [0.717, 1.165) is 16.6 Å². The average Bonchev–Trinajstić information content (AvgIpc) is 2.66. The molecule has 9 nitrogen and oxygen atoms in total. The SMILES string of the molecule is CCC(C(=O)Nc1ccccc1OC)N(c1cc([N+](=O)[O-])ccc1C)S(C)(=O)=O. The number of non-ortho nitro benzene ring substituents is 1. The Morgan fingerprint density at radius 3 is 2.48 bits per heavy atom. The second-order valence-electron chi connectivity index (χ2n) is 6.40. The maximum Gasteiger partial charge on any atom is 0.271 e. The van der Waals surface area contributed by atoms with Gasteiger partial charge in [0.15, 0.2) is 0 Å². The maximum absolute atomic E-state index is 13.0. The van der Waals surface area contributed by atoms with E-state index >= 15 is 0 Å². The monoisotopic (exact) mass is 421 g/mol. The number of nitro groups is 1. The standard InChI is InChI=1S/C19H23N3O6S/c1-5-16(19(23)20-15-8-6-7-9-18(15)28-3)21(29(4,26)27)17-12-14(22(24)25)11-10-13(17)2/h6-12,16H,5H2,1-4H3,(H,20,23). The number of hydrogen-bond donors (Lipinski definition) is 1. The van der Waals surface area contributed by atoms with Crippen molar-refractivity contribution in [3.8, 4) is 5.75 Å². The molecule has 0 spiro atoms. The summed E-state index contributed by atoms with van der Waals surface area (Å²) in [6.45, 7) is 3.29. The topological polar surface area (TPSA) is 119 Å². The van der Waals surface area contributed by atoms with Crippen molar-refractivity contribution in [1.82, 2.24) is 0 Å². The summed E-state index contributed by atoms with van der Waals surface area (Å²) in [6, 6.07) is 9.53. The van der Waals surface area contributed by atoms with E-state index in [1.807, 2.05) is 0 Å². The number of hydrogen-bond acceptors (Lipinski definition) is 6. The second-order valence-corrected chi connectivity index (χ2v) is 8.26. The molecule has 1 atom stereocenters. The molecule has 0 aromatic heterocycles. The van der Waals surface area contributed by atoms with Gasteiger partial charge in [0, 0.05) is 12.1 Å². The van der Waals surface area contributed by atoms with Gasteiger partial charge in [0.1, 0.15) is 11.8 Å². The lowest BCUT2D eigenvalue weighted by molar-refractivity contribution is -0.384. The highest BCUT2D eigenvalue weighted by molar-refractivity contribution is 7.92. The van der Waals surface area contributed by atoms with Gasteiger partial charge in [0.2, 0.25) is 15.9 Å². The van der Waals surface area contributed by atoms with Gasteiger partial charge in [-0.3, -0.25) is 19.2 Å². The highest BCUT2D eigenvalue weighted by atomic mass is 32.2. The predicted octanol–water partition coefficient (Wildman–Crippen LogP) is 3.10. The molecule has 1 unspecified atom stereocenters. The molecule has 2 aromatic rings. The van der Waals surface area contributed by atoms with Gasteiger partial charge in [-0.2, -0.15) is 0 Å². The maximum atomic E-state index is 13.0. The van der Waals surface area contributed by atoms with Crippen LogP contribution >= 0.6 is 0 Å². The van der Waals surface area contributed by atoms with E-state index in [-0.39, 0.29) is 17.8 Å². The zero-order valence-corrected chi connectivity index (χ0v) is 17.4. The first kappa shape index (κ1) is 22.2. The van der Waals surface area contributed by atoms with E-state index in [1.54, 1.807) is 38.1 Å². The number of para-hydroxylation sites is 2. The number of aryl methyl sites for hydroxylation is 1. The lowest BCUT2D eigenvalue weighted by Gasteiger charge is -2.31. The van der Waals surface area contributed by atoms with Gasteiger partial charge in [0.05, 0.1) is 29.7 Å². The fourth-order valence-electron chi connectivity index (χ4n) is 2.95. The molecule has 156 valence electrons. The fourth-order valence-corrected chi connectivity index (χ4v) is 4.21. The third-order valence-corrected chi connectivity index (χ3v) is 5.50. The van der Waals surface area contributed by atoms with Crippen LogP contribution in [0.4, 0.5) is 17.1 Å². The van der Waals surface area contributed by atoms with Gasteiger partial charge >= 0.3 is 0 Å². The van der Waals surface area contributed by atoms with E-state index < -0.39 is 26.9 Å². The molecule has 0 saturated carbocycles. The van der Waals surface area contributed by atoms with Crippen LogP contribution in [-0.2, 0) is 14.8 Å². The van der Waals surface area contributed by atoms with Crippen LogP contribution in [-0.4, -0.2) is 38.7 Å². The summed E-state index contributed by atoms with van der Waals surface area (Å²) in [5.74, 6) is -0.151. The van der Waals surface area contributed by atoms with Gasteiger partial charge in [-0.1, -0.05) is 25.1 Å². The summed E-state index contributed by atoms with van der Waals surface area (Å²) in [5, 5.41) is 13.9. The Morgan fingerprint density at radius 2 is 1.93 bits per heavy atom. The highest BCUT2D eigenvalue weighted by Gasteiger charge is 2.33. The summed E-state index contributed by atoms with van der Waals surface area (Å²) in [7, 11) is -2.47. The Balaban J connectivity index is 2.52. The van der Waals surface area contributed by atoms with Crippen LogP contribution in [0.2, 0.25) is 0 Å². The number of methoxy groups -OCH3 is 1. The normalized spacial score (nSPS) is 12.1. The Bertz CT molecular complexity index is 1020. The molecular formula is C19H23N3O6S.